The molecule has 2 atom stereocenters. The minimum absolute atomic E-state index is 0.341. The molecule has 0 amide bonds. The number of hydrogen-bond donors (Lipinski definition) is 3. The first-order chi connectivity index (χ1) is 29.5. The van der Waals surface area contributed by atoms with Crippen LogP contribution in [0.5, 0.6) is 0 Å². The molecule has 2 unspecified atom stereocenters. The van der Waals surface area contributed by atoms with Crippen molar-refractivity contribution in [1.82, 2.24) is 8.97 Å². The second-order valence-corrected chi connectivity index (χ2v) is 15.6. The summed E-state index contributed by atoms with van der Waals surface area (Å²) in [7, 11) is 0. The summed E-state index contributed by atoms with van der Waals surface area (Å²) >= 11 is 0. The largest absolute Gasteiger partial charge is 0.335 e. The summed E-state index contributed by atoms with van der Waals surface area (Å²) in [5, 5.41) is 5.20. The van der Waals surface area contributed by atoms with Crippen LogP contribution in [0, 0.1) is 0 Å². The number of nitrogens with zero attached hydrogens (tertiary/aromatic N) is 2. The van der Waals surface area contributed by atoms with E-state index in [-0.39, 0.29) is 6.17 Å². The molecule has 0 saturated heterocycles. The zero-order valence-electron chi connectivity index (χ0n) is 34.7. The number of nitrogens with two attached hydrogens (primary N) is 3. The molecule has 300 valence electrons. The van der Waals surface area contributed by atoms with Crippen LogP contribution in [0.2, 0.25) is 0 Å². The second kappa shape index (κ2) is 18.2. The highest BCUT2D eigenvalue weighted by Gasteiger charge is 2.35. The first-order valence-corrected chi connectivity index (χ1v) is 21.2. The highest BCUT2D eigenvalue weighted by atomic mass is 15.1. The molecule has 0 fully saturated rings. The second-order valence-electron chi connectivity index (χ2n) is 15.6. The van der Waals surface area contributed by atoms with Gasteiger partial charge in [-0.15, -0.1) is 6.58 Å². The van der Waals surface area contributed by atoms with Crippen LogP contribution in [0.15, 0.2) is 189 Å². The van der Waals surface area contributed by atoms with Gasteiger partial charge in [0.05, 0.1) is 28.2 Å². The smallest absolute Gasteiger partial charge is 0.0784 e. The van der Waals surface area contributed by atoms with Crippen molar-refractivity contribution in [3.63, 3.8) is 0 Å². The summed E-state index contributed by atoms with van der Waals surface area (Å²) in [4.78, 5) is 0. The molecule has 11 rings (SSSR count). The molecule has 2 aromatic heterocycles. The molecule has 2 aliphatic rings. The van der Waals surface area contributed by atoms with E-state index in [4.69, 9.17) is 17.2 Å². The molecular formula is C55H55N5. The van der Waals surface area contributed by atoms with Gasteiger partial charge in [0.1, 0.15) is 0 Å². The Hall–Kier alpha value is -6.50. The average Bonchev–Trinajstić information content (AvgIpc) is 3.82. The molecule has 5 heteroatoms. The summed E-state index contributed by atoms with van der Waals surface area (Å²) in [6, 6.07) is 58.9. The summed E-state index contributed by atoms with van der Waals surface area (Å²) in [6.45, 7) is 7.97. The number of aromatic nitrogens is 2. The maximum atomic E-state index is 5.89. The first kappa shape index (κ1) is 40.3. The quantitative estimate of drug-likeness (QED) is 0.123. The number of aryl methyl sites for hydroxylation is 1. The molecule has 0 radical (unpaired) electrons. The Morgan fingerprint density at radius 1 is 0.633 bits per heavy atom. The van der Waals surface area contributed by atoms with Gasteiger partial charge < -0.3 is 26.2 Å². The van der Waals surface area contributed by atoms with E-state index in [0.717, 1.165) is 30.4 Å². The van der Waals surface area contributed by atoms with E-state index in [2.05, 4.69) is 162 Å². The number of allylic oxidation sites excluding steroid dienone is 3. The van der Waals surface area contributed by atoms with Gasteiger partial charge in [0.15, 0.2) is 0 Å². The van der Waals surface area contributed by atoms with Gasteiger partial charge in [0.25, 0.3) is 0 Å². The minimum atomic E-state index is -0.341. The summed E-state index contributed by atoms with van der Waals surface area (Å²) in [5.41, 5.74) is 30.6. The van der Waals surface area contributed by atoms with E-state index < -0.39 is 0 Å². The van der Waals surface area contributed by atoms with Crippen LogP contribution in [0.4, 0.5) is 0 Å². The standard InChI is InChI=1S/C37H29N3.C8H10.C7H10N2.C3H6/c38-22-23-13-15-24(16-14-23)25-17-20-35-31(21-25)28-9-3-6-12-34(28)39-32-10-4-1-7-26(32)29-18-19-30-27-8-2-5-11-33(27)40(35)37(30)36(29)39;1-2-8-6-4-3-5-7-8;8-7(9)6-4-2-1-3-5-6;1-3-2/h1-4,6-10,12-21,27,33H,5,11,22,38H2;3-7H,2H2,1H3;1-5,7H,8-9H2;3H,1H2,2H3. The van der Waals surface area contributed by atoms with Crippen molar-refractivity contribution < 1.29 is 0 Å². The van der Waals surface area contributed by atoms with Gasteiger partial charge in [-0.1, -0.05) is 165 Å². The van der Waals surface area contributed by atoms with Crippen LogP contribution in [0.3, 0.4) is 0 Å². The van der Waals surface area contributed by atoms with Crippen molar-refractivity contribution >= 4 is 49.1 Å². The molecule has 5 nitrogen and oxygen atoms in total. The SMILES string of the molecule is C=CC.CCc1ccccc1.NC(N)c1ccccc1.NCc1ccc(-c2ccc3c(c2)c2ccccc2n2c4ccccc4c4ccc5c(c42)n3C2CCC=CC52)cc1. The lowest BCUT2D eigenvalue weighted by molar-refractivity contribution is 0.461. The number of rotatable bonds is 4. The number of para-hydroxylation sites is 2. The fourth-order valence-corrected chi connectivity index (χ4v) is 8.97. The fourth-order valence-electron chi connectivity index (χ4n) is 8.97. The average molecular weight is 786 g/mol. The molecule has 1 aliphatic heterocycles. The van der Waals surface area contributed by atoms with Gasteiger partial charge in [0.2, 0.25) is 0 Å². The molecule has 60 heavy (non-hydrogen) atoms. The molecule has 7 aromatic carbocycles. The zero-order valence-corrected chi connectivity index (χ0v) is 34.7. The molecule has 1 aliphatic carbocycles. The van der Waals surface area contributed by atoms with E-state index >= 15 is 0 Å². The molecule has 9 aromatic rings. The predicted octanol–water partition coefficient (Wildman–Crippen LogP) is 13.1. The van der Waals surface area contributed by atoms with Crippen LogP contribution in [-0.4, -0.2) is 8.97 Å². The topological polar surface area (TPSA) is 87.4 Å². The maximum absolute atomic E-state index is 5.89. The Kier molecular flexibility index (Phi) is 12.2. The molecular weight excluding hydrogens is 731 g/mol. The summed E-state index contributed by atoms with van der Waals surface area (Å²) in [5.74, 6) is 0.400. The predicted molar refractivity (Wildman–Crippen MR) is 257 cm³/mol. The Labute approximate surface area is 353 Å². The molecule has 6 N–H and O–H groups in total. The van der Waals surface area contributed by atoms with Crippen molar-refractivity contribution in [2.45, 2.75) is 57.8 Å². The van der Waals surface area contributed by atoms with Crippen LogP contribution in [-0.2, 0) is 13.0 Å². The third kappa shape index (κ3) is 7.71. The number of hydrogen-bond acceptors (Lipinski definition) is 3. The van der Waals surface area contributed by atoms with Gasteiger partial charge in [-0.25, -0.2) is 0 Å². The van der Waals surface area contributed by atoms with Crippen molar-refractivity contribution in [3.8, 4) is 11.1 Å². The fraction of sp³-hybridized carbons (Fsp3) is 0.164. The van der Waals surface area contributed by atoms with Crippen LogP contribution in [0.25, 0.3) is 60.3 Å². The third-order valence-electron chi connectivity index (χ3n) is 11.8. The van der Waals surface area contributed by atoms with Crippen LogP contribution < -0.4 is 17.2 Å². The number of benzene rings is 7. The Morgan fingerprint density at radius 3 is 1.83 bits per heavy atom. The van der Waals surface area contributed by atoms with E-state index in [1.807, 2.05) is 43.3 Å². The highest BCUT2D eigenvalue weighted by molar-refractivity contribution is 6.18. The highest BCUT2D eigenvalue weighted by Crippen LogP contribution is 2.50. The van der Waals surface area contributed by atoms with Gasteiger partial charge in [-0.05, 0) is 83.8 Å². The third-order valence-corrected chi connectivity index (χ3v) is 11.8. The van der Waals surface area contributed by atoms with E-state index in [1.165, 1.54) is 71.4 Å². The summed E-state index contributed by atoms with van der Waals surface area (Å²) in [6.07, 6.45) is 9.67. The molecule has 0 spiro atoms. The maximum Gasteiger partial charge on any atom is 0.0784 e. The lowest BCUT2D eigenvalue weighted by Crippen LogP contribution is -2.19. The van der Waals surface area contributed by atoms with Crippen molar-refractivity contribution in [2.75, 3.05) is 0 Å². The number of fused-ring (bicyclic) bond motifs is 11. The normalized spacial score (nSPS) is 14.9. The lowest BCUT2D eigenvalue weighted by atomic mass is 9.87. The monoisotopic (exact) mass is 785 g/mol. The van der Waals surface area contributed by atoms with Gasteiger partial charge in [-0.2, -0.15) is 0 Å². The molecule has 3 heterocycles. The van der Waals surface area contributed by atoms with Crippen molar-refractivity contribution in [3.05, 3.63) is 211 Å². The van der Waals surface area contributed by atoms with Crippen LogP contribution >= 0.6 is 0 Å². The van der Waals surface area contributed by atoms with Gasteiger partial charge in [-0.3, -0.25) is 0 Å². The van der Waals surface area contributed by atoms with Crippen LogP contribution in [0.1, 0.15) is 67.1 Å². The van der Waals surface area contributed by atoms with E-state index in [9.17, 15) is 0 Å². The van der Waals surface area contributed by atoms with Crippen molar-refractivity contribution in [1.29, 1.82) is 0 Å². The molecule has 0 bridgehead atoms. The first-order valence-electron chi connectivity index (χ1n) is 21.2. The van der Waals surface area contributed by atoms with E-state index in [0.29, 0.717) is 18.5 Å². The Morgan fingerprint density at radius 2 is 1.23 bits per heavy atom. The lowest BCUT2D eigenvalue weighted by Gasteiger charge is -2.25. The summed E-state index contributed by atoms with van der Waals surface area (Å²) < 4.78 is 5.24. The molecule has 0 saturated carbocycles. The van der Waals surface area contributed by atoms with Gasteiger partial charge >= 0.3 is 0 Å². The minimum Gasteiger partial charge on any atom is -0.335 e. The van der Waals surface area contributed by atoms with Gasteiger partial charge in [0, 0.05) is 45.6 Å². The van der Waals surface area contributed by atoms with Crippen molar-refractivity contribution in [2.24, 2.45) is 17.2 Å². The Balaban J connectivity index is 0.000000206. The zero-order chi connectivity index (χ0) is 41.6. The van der Waals surface area contributed by atoms with E-state index in [1.54, 1.807) is 6.08 Å². The Bertz CT molecular complexity index is 2950.